The van der Waals surface area contributed by atoms with E-state index >= 15 is 0 Å². The van der Waals surface area contributed by atoms with Gasteiger partial charge < -0.3 is 9.80 Å². The number of carbonyl (C=O) groups excluding carboxylic acids is 1. The maximum absolute atomic E-state index is 11.9. The van der Waals surface area contributed by atoms with Gasteiger partial charge in [-0.2, -0.15) is 10.4 Å². The molecule has 0 radical (unpaired) electrons. The molecule has 0 bridgehead atoms. The molecule has 1 saturated heterocycles. The van der Waals surface area contributed by atoms with Crippen LogP contribution >= 0.6 is 0 Å². The lowest BCUT2D eigenvalue weighted by atomic mass is 10.1. The minimum absolute atomic E-state index is 0.0656. The minimum Gasteiger partial charge on any atom is -0.352 e. The molecule has 34 heavy (non-hydrogen) atoms. The van der Waals surface area contributed by atoms with Crippen LogP contribution in [0.3, 0.4) is 0 Å². The molecule has 4 heterocycles. The van der Waals surface area contributed by atoms with Gasteiger partial charge in [-0.3, -0.25) is 14.4 Å². The van der Waals surface area contributed by atoms with Crippen molar-refractivity contribution < 1.29 is 4.79 Å². The van der Waals surface area contributed by atoms with Crippen molar-refractivity contribution in [1.82, 2.24) is 29.5 Å². The summed E-state index contributed by atoms with van der Waals surface area (Å²) in [5.74, 6) is 0.963. The molecule has 1 fully saturated rings. The van der Waals surface area contributed by atoms with Gasteiger partial charge in [0.15, 0.2) is 5.82 Å². The zero-order valence-corrected chi connectivity index (χ0v) is 19.6. The van der Waals surface area contributed by atoms with Gasteiger partial charge in [0.05, 0.1) is 35.8 Å². The van der Waals surface area contributed by atoms with Crippen molar-refractivity contribution in [2.45, 2.75) is 26.4 Å². The fourth-order valence-electron chi connectivity index (χ4n) is 4.66. The SMILES string of the molecule is CC(=O)N1CCc2nc(N3CCN(Cc4cccc(C#N)c4)CC3)c(-c3cnn(C)c3)nc2C1. The fourth-order valence-corrected chi connectivity index (χ4v) is 4.66. The number of anilines is 1. The smallest absolute Gasteiger partial charge is 0.219 e. The van der Waals surface area contributed by atoms with Gasteiger partial charge in [-0.05, 0) is 17.7 Å². The molecule has 9 heteroatoms. The maximum atomic E-state index is 11.9. The Morgan fingerprint density at radius 3 is 2.65 bits per heavy atom. The summed E-state index contributed by atoms with van der Waals surface area (Å²) in [6.45, 7) is 7.11. The number of hydrogen-bond donors (Lipinski definition) is 0. The topological polar surface area (TPSA) is 94.2 Å². The predicted octanol–water partition coefficient (Wildman–Crippen LogP) is 1.98. The van der Waals surface area contributed by atoms with Gasteiger partial charge >= 0.3 is 0 Å². The van der Waals surface area contributed by atoms with Crippen LogP contribution in [0.2, 0.25) is 0 Å². The van der Waals surface area contributed by atoms with Crippen molar-refractivity contribution >= 4 is 11.7 Å². The molecule has 3 aromatic rings. The first kappa shape index (κ1) is 22.0. The summed E-state index contributed by atoms with van der Waals surface area (Å²) in [7, 11) is 1.90. The molecule has 0 spiro atoms. The second kappa shape index (κ2) is 9.23. The summed E-state index contributed by atoms with van der Waals surface area (Å²) in [5, 5.41) is 13.5. The van der Waals surface area contributed by atoms with Gasteiger partial charge in [0, 0.05) is 71.4 Å². The Hall–Kier alpha value is -3.77. The number of carbonyl (C=O) groups is 1. The first-order valence-corrected chi connectivity index (χ1v) is 11.6. The molecule has 1 aromatic carbocycles. The van der Waals surface area contributed by atoms with Gasteiger partial charge in [-0.1, -0.05) is 12.1 Å². The molecule has 1 amide bonds. The van der Waals surface area contributed by atoms with Gasteiger partial charge in [0.25, 0.3) is 0 Å². The van der Waals surface area contributed by atoms with Crippen LogP contribution in [-0.4, -0.2) is 68.2 Å². The Bertz CT molecular complexity index is 1250. The highest BCUT2D eigenvalue weighted by atomic mass is 16.2. The van der Waals surface area contributed by atoms with E-state index in [-0.39, 0.29) is 5.91 Å². The molecule has 0 unspecified atom stereocenters. The number of benzene rings is 1. The molecule has 0 N–H and O–H groups in total. The van der Waals surface area contributed by atoms with Gasteiger partial charge in [0.1, 0.15) is 5.69 Å². The molecule has 0 saturated carbocycles. The van der Waals surface area contributed by atoms with Gasteiger partial charge in [-0.15, -0.1) is 0 Å². The van der Waals surface area contributed by atoms with Crippen molar-refractivity contribution in [3.8, 4) is 17.3 Å². The number of amides is 1. The summed E-state index contributed by atoms with van der Waals surface area (Å²) >= 11 is 0. The van der Waals surface area contributed by atoms with E-state index in [9.17, 15) is 4.79 Å². The zero-order chi connectivity index (χ0) is 23.7. The molecule has 2 aliphatic rings. The first-order valence-electron chi connectivity index (χ1n) is 11.6. The Kier molecular flexibility index (Phi) is 5.99. The lowest BCUT2D eigenvalue weighted by Gasteiger charge is -2.37. The molecule has 2 aromatic heterocycles. The quantitative estimate of drug-likeness (QED) is 0.592. The van der Waals surface area contributed by atoms with Crippen LogP contribution in [0, 0.1) is 11.3 Å². The Morgan fingerprint density at radius 1 is 1.12 bits per heavy atom. The largest absolute Gasteiger partial charge is 0.352 e. The normalized spacial score (nSPS) is 16.3. The second-order valence-corrected chi connectivity index (χ2v) is 8.96. The molecule has 174 valence electrons. The minimum atomic E-state index is 0.0656. The van der Waals surface area contributed by atoms with Crippen LogP contribution < -0.4 is 4.90 Å². The van der Waals surface area contributed by atoms with E-state index < -0.39 is 0 Å². The molecule has 0 atom stereocenters. The van der Waals surface area contributed by atoms with Crippen LogP contribution in [0.1, 0.15) is 29.4 Å². The van der Waals surface area contributed by atoms with Crippen LogP contribution in [-0.2, 0) is 31.4 Å². The maximum Gasteiger partial charge on any atom is 0.219 e. The number of aromatic nitrogens is 4. The molecule has 9 nitrogen and oxygen atoms in total. The lowest BCUT2D eigenvalue weighted by molar-refractivity contribution is -0.129. The number of piperazine rings is 1. The first-order chi connectivity index (χ1) is 16.5. The number of fused-ring (bicyclic) bond motifs is 1. The third kappa shape index (κ3) is 4.50. The Labute approximate surface area is 199 Å². The Morgan fingerprint density at radius 2 is 1.94 bits per heavy atom. The highest BCUT2D eigenvalue weighted by Gasteiger charge is 2.27. The number of nitriles is 1. The van der Waals surface area contributed by atoms with Crippen molar-refractivity contribution in [3.63, 3.8) is 0 Å². The van der Waals surface area contributed by atoms with Crippen LogP contribution in [0.25, 0.3) is 11.3 Å². The molecule has 0 aliphatic carbocycles. The summed E-state index contributed by atoms with van der Waals surface area (Å²) in [4.78, 5) is 28.6. The third-order valence-electron chi connectivity index (χ3n) is 6.55. The summed E-state index contributed by atoms with van der Waals surface area (Å²) in [5.41, 5.74) is 5.48. The summed E-state index contributed by atoms with van der Waals surface area (Å²) in [6.07, 6.45) is 4.51. The highest BCUT2D eigenvalue weighted by Crippen LogP contribution is 2.31. The average Bonchev–Trinajstić information content (AvgIpc) is 3.29. The van der Waals surface area contributed by atoms with Crippen LogP contribution in [0.15, 0.2) is 36.7 Å². The van der Waals surface area contributed by atoms with E-state index in [1.807, 2.05) is 42.5 Å². The second-order valence-electron chi connectivity index (χ2n) is 8.96. The van der Waals surface area contributed by atoms with E-state index in [0.717, 1.165) is 73.2 Å². The zero-order valence-electron chi connectivity index (χ0n) is 19.6. The molecule has 2 aliphatic heterocycles. The number of rotatable bonds is 4. The average molecular weight is 457 g/mol. The van der Waals surface area contributed by atoms with Gasteiger partial charge in [-0.25, -0.2) is 9.97 Å². The fraction of sp³-hybridized carbons (Fsp3) is 0.400. The van der Waals surface area contributed by atoms with Gasteiger partial charge in [0.2, 0.25) is 5.91 Å². The van der Waals surface area contributed by atoms with E-state index in [4.69, 9.17) is 15.2 Å². The number of aryl methyl sites for hydroxylation is 1. The molecular formula is C25H28N8O. The monoisotopic (exact) mass is 456 g/mol. The third-order valence-corrected chi connectivity index (χ3v) is 6.55. The van der Waals surface area contributed by atoms with Crippen molar-refractivity contribution in [1.29, 1.82) is 5.26 Å². The van der Waals surface area contributed by atoms with Crippen LogP contribution in [0.5, 0.6) is 0 Å². The summed E-state index contributed by atoms with van der Waals surface area (Å²) < 4.78 is 1.77. The van der Waals surface area contributed by atoms with Crippen LogP contribution in [0.4, 0.5) is 5.82 Å². The highest BCUT2D eigenvalue weighted by molar-refractivity contribution is 5.74. The predicted molar refractivity (Wildman–Crippen MR) is 128 cm³/mol. The Balaban J connectivity index is 1.38. The van der Waals surface area contributed by atoms with Crippen molar-refractivity contribution in [3.05, 3.63) is 59.2 Å². The standard InChI is InChI=1S/C25H28N8O/c1-18(34)33-7-6-22-23(17-33)28-24(21-14-27-30(2)16-21)25(29-22)32-10-8-31(9-11-32)15-20-5-3-4-19(12-20)13-26/h3-5,12,14,16H,6-11,15,17H2,1-2H3. The lowest BCUT2D eigenvalue weighted by Crippen LogP contribution is -2.46. The number of nitrogens with zero attached hydrogens (tertiary/aromatic N) is 8. The van der Waals surface area contributed by atoms with E-state index in [2.05, 4.69) is 27.0 Å². The van der Waals surface area contributed by atoms with Crippen molar-refractivity contribution in [2.24, 2.45) is 7.05 Å². The molecular weight excluding hydrogens is 428 g/mol. The molecule has 5 rings (SSSR count). The van der Waals surface area contributed by atoms with E-state index in [0.29, 0.717) is 18.7 Å². The summed E-state index contributed by atoms with van der Waals surface area (Å²) in [6, 6.07) is 10.0. The van der Waals surface area contributed by atoms with E-state index in [1.54, 1.807) is 11.6 Å². The van der Waals surface area contributed by atoms with E-state index in [1.165, 1.54) is 0 Å². The van der Waals surface area contributed by atoms with Crippen molar-refractivity contribution in [2.75, 3.05) is 37.6 Å². The number of hydrogen-bond acceptors (Lipinski definition) is 7.